The Morgan fingerprint density at radius 3 is 1.96 bits per heavy atom. The minimum Gasteiger partial charge on any atom is -0.480 e. The third-order valence-electron chi connectivity index (χ3n) is 8.69. The Hall–Kier alpha value is -4.88. The van der Waals surface area contributed by atoms with Crippen molar-refractivity contribution in [3.63, 3.8) is 0 Å². The number of halogens is 4. The highest BCUT2D eigenvalue weighted by molar-refractivity contribution is 5.83. The van der Waals surface area contributed by atoms with Crippen LogP contribution < -0.4 is 10.6 Å². The SMILES string of the molecule is Cc1c(/C=C/c2cc(CNC(C)(CO)C(=O)O)ccc2C(F)(F)F)cccc1-c1cccc(-c2cc(CNC(CO)C(=O)O)ccc2F)c1C. The second-order valence-corrected chi connectivity index (χ2v) is 12.2. The molecule has 0 amide bonds. The van der Waals surface area contributed by atoms with Crippen LogP contribution in [0.5, 0.6) is 0 Å². The van der Waals surface area contributed by atoms with Gasteiger partial charge >= 0.3 is 18.1 Å². The third kappa shape index (κ3) is 8.64. The van der Waals surface area contributed by atoms with Crippen molar-refractivity contribution >= 4 is 24.1 Å². The summed E-state index contributed by atoms with van der Waals surface area (Å²) < 4.78 is 57.1. The van der Waals surface area contributed by atoms with Crippen molar-refractivity contribution in [2.75, 3.05) is 13.2 Å². The molecular formula is C38H38F4N2O6. The average Bonchev–Trinajstić information content (AvgIpc) is 3.07. The Morgan fingerprint density at radius 1 is 0.780 bits per heavy atom. The average molecular weight is 695 g/mol. The van der Waals surface area contributed by atoms with Crippen LogP contribution >= 0.6 is 0 Å². The van der Waals surface area contributed by atoms with Gasteiger partial charge in [0.2, 0.25) is 0 Å². The summed E-state index contributed by atoms with van der Waals surface area (Å²) in [5.74, 6) is -3.00. The van der Waals surface area contributed by atoms with E-state index >= 15 is 4.39 Å². The fourth-order valence-corrected chi connectivity index (χ4v) is 5.50. The van der Waals surface area contributed by atoms with Crippen molar-refractivity contribution in [1.29, 1.82) is 0 Å². The van der Waals surface area contributed by atoms with Crippen LogP contribution in [0.4, 0.5) is 17.6 Å². The van der Waals surface area contributed by atoms with E-state index in [1.807, 2.05) is 26.0 Å². The van der Waals surface area contributed by atoms with Gasteiger partial charge in [-0.1, -0.05) is 60.7 Å². The van der Waals surface area contributed by atoms with Crippen LogP contribution in [-0.2, 0) is 28.9 Å². The van der Waals surface area contributed by atoms with E-state index in [1.54, 1.807) is 36.4 Å². The van der Waals surface area contributed by atoms with E-state index in [2.05, 4.69) is 10.6 Å². The molecule has 12 heteroatoms. The van der Waals surface area contributed by atoms with E-state index in [-0.39, 0.29) is 18.7 Å². The Labute approximate surface area is 286 Å². The number of aliphatic hydroxyl groups is 2. The Bertz CT molecular complexity index is 1910. The maximum atomic E-state index is 15.2. The maximum absolute atomic E-state index is 15.2. The second-order valence-electron chi connectivity index (χ2n) is 12.2. The van der Waals surface area contributed by atoms with Crippen LogP contribution in [0, 0.1) is 19.7 Å². The number of benzene rings is 4. The van der Waals surface area contributed by atoms with E-state index in [0.29, 0.717) is 27.8 Å². The lowest BCUT2D eigenvalue weighted by atomic mass is 9.88. The standard InChI is InChI=1S/C38H38F4N2O6/c1-22-26(12-13-27-16-24(10-14-32(27)38(40,41)42)19-44-37(3,21-46)36(49)50)6-4-7-28(22)29-8-5-9-30(23(29)2)31-17-25(11-15-33(31)39)18-43-34(20-45)35(47)48/h4-17,34,43-46H,18-21H2,1-3H3,(H,47,48)(H,49,50)/b13-12+. The summed E-state index contributed by atoms with van der Waals surface area (Å²) >= 11 is 0. The van der Waals surface area contributed by atoms with Gasteiger partial charge < -0.3 is 20.4 Å². The van der Waals surface area contributed by atoms with Crippen LogP contribution in [0.1, 0.15) is 45.9 Å². The smallest absolute Gasteiger partial charge is 0.416 e. The van der Waals surface area contributed by atoms with Crippen molar-refractivity contribution in [1.82, 2.24) is 10.6 Å². The van der Waals surface area contributed by atoms with Crippen LogP contribution in [0.25, 0.3) is 34.4 Å². The molecule has 4 aromatic rings. The lowest BCUT2D eigenvalue weighted by Gasteiger charge is -2.24. The molecule has 0 spiro atoms. The Balaban J connectivity index is 1.68. The number of nitrogens with one attached hydrogen (secondary N) is 2. The van der Waals surface area contributed by atoms with E-state index in [9.17, 15) is 43.2 Å². The molecule has 4 aromatic carbocycles. The lowest BCUT2D eigenvalue weighted by molar-refractivity contribution is -0.146. The monoisotopic (exact) mass is 694 g/mol. The molecule has 0 aliphatic heterocycles. The van der Waals surface area contributed by atoms with E-state index in [4.69, 9.17) is 0 Å². The first-order valence-corrected chi connectivity index (χ1v) is 15.6. The zero-order chi connectivity index (χ0) is 36.8. The molecule has 2 unspecified atom stereocenters. The first-order valence-electron chi connectivity index (χ1n) is 15.6. The van der Waals surface area contributed by atoms with Crippen LogP contribution in [0.3, 0.4) is 0 Å². The molecule has 0 heterocycles. The Kier molecular flexibility index (Phi) is 12.0. The van der Waals surface area contributed by atoms with Crippen molar-refractivity contribution in [2.24, 2.45) is 0 Å². The molecule has 0 aliphatic rings. The summed E-state index contributed by atoms with van der Waals surface area (Å²) in [7, 11) is 0. The van der Waals surface area contributed by atoms with Gasteiger partial charge in [0.15, 0.2) is 0 Å². The molecule has 6 N–H and O–H groups in total. The van der Waals surface area contributed by atoms with Crippen molar-refractivity contribution in [2.45, 2.75) is 51.6 Å². The number of aliphatic hydroxyl groups excluding tert-OH is 2. The maximum Gasteiger partial charge on any atom is 0.416 e. The van der Waals surface area contributed by atoms with Crippen molar-refractivity contribution in [3.05, 3.63) is 118 Å². The van der Waals surface area contributed by atoms with Crippen molar-refractivity contribution in [3.8, 4) is 22.3 Å². The number of carboxylic acid groups (broad SMARTS) is 2. The van der Waals surface area contributed by atoms with Gasteiger partial charge in [-0.3, -0.25) is 20.2 Å². The molecule has 0 radical (unpaired) electrons. The molecule has 0 saturated carbocycles. The van der Waals surface area contributed by atoms with Gasteiger partial charge in [0.1, 0.15) is 17.4 Å². The number of carboxylic acids is 2. The minimum absolute atomic E-state index is 0.0802. The van der Waals surface area contributed by atoms with Gasteiger partial charge in [0, 0.05) is 18.7 Å². The first kappa shape index (κ1) is 37.9. The van der Waals surface area contributed by atoms with Crippen molar-refractivity contribution < 1.29 is 47.6 Å². The minimum atomic E-state index is -4.65. The number of rotatable bonds is 14. The summed E-state index contributed by atoms with van der Waals surface area (Å²) in [6.07, 6.45) is -1.73. The quantitative estimate of drug-likeness (QED) is 0.0657. The highest BCUT2D eigenvalue weighted by Crippen LogP contribution is 2.37. The zero-order valence-electron chi connectivity index (χ0n) is 27.6. The summed E-state index contributed by atoms with van der Waals surface area (Å²) in [5.41, 5.74) is 2.92. The number of aliphatic carboxylic acids is 2. The van der Waals surface area contributed by atoms with E-state index < -0.39 is 54.3 Å². The third-order valence-corrected chi connectivity index (χ3v) is 8.69. The first-order chi connectivity index (χ1) is 23.6. The van der Waals surface area contributed by atoms with Gasteiger partial charge in [0.05, 0.1) is 18.8 Å². The predicted molar refractivity (Wildman–Crippen MR) is 182 cm³/mol. The fourth-order valence-electron chi connectivity index (χ4n) is 5.50. The topological polar surface area (TPSA) is 139 Å². The molecule has 4 rings (SSSR count). The normalized spacial score (nSPS) is 13.7. The molecule has 264 valence electrons. The van der Waals surface area contributed by atoms with E-state index in [0.717, 1.165) is 28.3 Å². The summed E-state index contributed by atoms with van der Waals surface area (Å²) in [5, 5.41) is 42.8. The van der Waals surface area contributed by atoms with Gasteiger partial charge in [-0.2, -0.15) is 13.2 Å². The molecule has 50 heavy (non-hydrogen) atoms. The molecule has 0 aromatic heterocycles. The van der Waals surface area contributed by atoms with Gasteiger partial charge in [-0.15, -0.1) is 0 Å². The zero-order valence-corrected chi connectivity index (χ0v) is 27.6. The second kappa shape index (κ2) is 15.8. The predicted octanol–water partition coefficient (Wildman–Crippen LogP) is 6.43. The molecule has 2 atom stereocenters. The number of hydrogen-bond donors (Lipinski definition) is 6. The molecule has 0 saturated heterocycles. The van der Waals surface area contributed by atoms with Crippen LogP contribution in [0.15, 0.2) is 72.8 Å². The van der Waals surface area contributed by atoms with Crippen LogP contribution in [0.2, 0.25) is 0 Å². The van der Waals surface area contributed by atoms with E-state index in [1.165, 1.54) is 37.3 Å². The molecule has 0 fully saturated rings. The lowest BCUT2D eigenvalue weighted by Crippen LogP contribution is -2.52. The number of carbonyl (C=O) groups is 2. The molecular weight excluding hydrogens is 656 g/mol. The fraction of sp³-hybridized carbons (Fsp3) is 0.263. The van der Waals surface area contributed by atoms with Gasteiger partial charge in [-0.25, -0.2) is 4.39 Å². The molecule has 8 nitrogen and oxygen atoms in total. The van der Waals surface area contributed by atoms with Gasteiger partial charge in [0.25, 0.3) is 0 Å². The largest absolute Gasteiger partial charge is 0.480 e. The van der Waals surface area contributed by atoms with Crippen LogP contribution in [-0.4, -0.2) is 57.2 Å². The summed E-state index contributed by atoms with van der Waals surface area (Å²) in [6.45, 7) is 3.61. The highest BCUT2D eigenvalue weighted by atomic mass is 19.4. The summed E-state index contributed by atoms with van der Waals surface area (Å²) in [6, 6.07) is 17.6. The molecule has 0 aliphatic carbocycles. The number of hydrogen-bond acceptors (Lipinski definition) is 6. The Morgan fingerprint density at radius 2 is 1.36 bits per heavy atom. The number of alkyl halides is 3. The summed E-state index contributed by atoms with van der Waals surface area (Å²) in [4.78, 5) is 22.8. The van der Waals surface area contributed by atoms with Gasteiger partial charge in [-0.05, 0) is 95.1 Å². The highest BCUT2D eigenvalue weighted by Gasteiger charge is 2.34. The molecule has 0 bridgehead atoms.